The van der Waals surface area contributed by atoms with Gasteiger partial charge in [0, 0.05) is 0 Å². The van der Waals surface area contributed by atoms with Gasteiger partial charge in [0.1, 0.15) is 17.4 Å². The number of aliphatic hydroxyl groups is 2. The zero-order valence-electron chi connectivity index (χ0n) is 13.7. The van der Waals surface area contributed by atoms with Gasteiger partial charge in [-0.2, -0.15) is 0 Å². The van der Waals surface area contributed by atoms with E-state index in [0.717, 1.165) is 0 Å². The van der Waals surface area contributed by atoms with E-state index in [1.54, 1.807) is 12.2 Å². The van der Waals surface area contributed by atoms with Crippen molar-refractivity contribution in [1.29, 1.82) is 0 Å². The zero-order chi connectivity index (χ0) is 20.2. The Morgan fingerprint density at radius 3 is 2.19 bits per heavy atom. The van der Waals surface area contributed by atoms with Crippen LogP contribution in [0, 0.1) is 0 Å². The quantitative estimate of drug-likeness (QED) is 0.160. The number of amides is 2. The van der Waals surface area contributed by atoms with Gasteiger partial charge in [0.2, 0.25) is 11.4 Å². The van der Waals surface area contributed by atoms with Gasteiger partial charge in [0.25, 0.3) is 5.91 Å². The summed E-state index contributed by atoms with van der Waals surface area (Å²) in [4.78, 5) is 58.9. The summed E-state index contributed by atoms with van der Waals surface area (Å²) in [5.74, 6) is -8.43. The highest BCUT2D eigenvalue weighted by atomic mass is 16.4. The fourth-order valence-electron chi connectivity index (χ4n) is 2.26. The van der Waals surface area contributed by atoms with Crippen molar-refractivity contribution in [3.63, 3.8) is 0 Å². The van der Waals surface area contributed by atoms with E-state index in [9.17, 15) is 39.3 Å². The van der Waals surface area contributed by atoms with E-state index in [1.807, 2.05) is 0 Å². The van der Waals surface area contributed by atoms with Crippen molar-refractivity contribution >= 4 is 29.5 Å². The number of aliphatic carboxylic acids is 2. The Hall–Kier alpha value is -2.99. The van der Waals surface area contributed by atoms with Crippen molar-refractivity contribution in [3.8, 4) is 0 Å². The predicted molar refractivity (Wildman–Crippen MR) is 82.7 cm³/mol. The van der Waals surface area contributed by atoms with E-state index in [-0.39, 0.29) is 6.42 Å². The Morgan fingerprint density at radius 1 is 1.27 bits per heavy atom. The Balaban J connectivity index is 3.26. The highest BCUT2D eigenvalue weighted by Crippen LogP contribution is 2.23. The fourth-order valence-corrected chi connectivity index (χ4v) is 2.26. The minimum atomic E-state index is -3.14. The Morgan fingerprint density at radius 2 is 1.81 bits per heavy atom. The van der Waals surface area contributed by atoms with E-state index < -0.39 is 71.5 Å². The van der Waals surface area contributed by atoms with Gasteiger partial charge in [0.15, 0.2) is 5.78 Å². The summed E-state index contributed by atoms with van der Waals surface area (Å²) < 4.78 is 0. The van der Waals surface area contributed by atoms with Gasteiger partial charge in [-0.1, -0.05) is 6.92 Å². The number of ketones is 1. The third-order valence-corrected chi connectivity index (χ3v) is 3.83. The van der Waals surface area contributed by atoms with Gasteiger partial charge < -0.3 is 36.8 Å². The standard InChI is InChI=1S/C14H19N3O9/c1-2-6-9(20)8(11(22)16-6)7(19)3-14(12(23)24,13(25)26)17-10(21)5(15)4-18/h5-6,18,20H,2-4,15H2,1H3,(H,16,22)(H,17,21)(H,23,24)(H,25,26)/t5-,6-/m0/s1. The average molecular weight is 373 g/mol. The molecule has 2 amide bonds. The van der Waals surface area contributed by atoms with Gasteiger partial charge in [-0.15, -0.1) is 0 Å². The molecule has 1 heterocycles. The molecule has 0 aromatic carbocycles. The molecular weight excluding hydrogens is 354 g/mol. The first-order valence-corrected chi connectivity index (χ1v) is 7.44. The van der Waals surface area contributed by atoms with Crippen LogP contribution in [0.25, 0.3) is 0 Å². The zero-order valence-corrected chi connectivity index (χ0v) is 13.7. The lowest BCUT2D eigenvalue weighted by Crippen LogP contribution is -2.64. The summed E-state index contributed by atoms with van der Waals surface area (Å²) in [5.41, 5.74) is 1.30. The van der Waals surface area contributed by atoms with Crippen molar-refractivity contribution in [3.05, 3.63) is 11.3 Å². The topological polar surface area (TPSA) is 216 Å². The molecule has 1 aliphatic rings. The van der Waals surface area contributed by atoms with Gasteiger partial charge in [-0.3, -0.25) is 14.4 Å². The molecule has 12 nitrogen and oxygen atoms in total. The number of carbonyl (C=O) groups is 5. The van der Waals surface area contributed by atoms with Crippen LogP contribution in [0.3, 0.4) is 0 Å². The number of aliphatic hydroxyl groups excluding tert-OH is 2. The number of hydrogen-bond donors (Lipinski definition) is 7. The van der Waals surface area contributed by atoms with Crippen molar-refractivity contribution in [1.82, 2.24) is 10.6 Å². The molecule has 2 atom stereocenters. The van der Waals surface area contributed by atoms with Crippen LogP contribution in [0.4, 0.5) is 0 Å². The molecule has 1 rings (SSSR count). The van der Waals surface area contributed by atoms with Crippen molar-refractivity contribution < 1.29 is 44.4 Å². The highest BCUT2D eigenvalue weighted by Gasteiger charge is 2.52. The molecule has 0 aliphatic carbocycles. The highest BCUT2D eigenvalue weighted by molar-refractivity contribution is 6.24. The largest absolute Gasteiger partial charge is 0.509 e. The first-order valence-electron chi connectivity index (χ1n) is 7.44. The summed E-state index contributed by atoms with van der Waals surface area (Å²) in [7, 11) is 0. The van der Waals surface area contributed by atoms with Gasteiger partial charge in [0.05, 0.1) is 19.1 Å². The smallest absolute Gasteiger partial charge is 0.341 e. The Kier molecular flexibility index (Phi) is 6.42. The minimum Gasteiger partial charge on any atom is -0.509 e. The van der Waals surface area contributed by atoms with Crippen LogP contribution in [0.2, 0.25) is 0 Å². The molecule has 0 unspecified atom stereocenters. The maximum absolute atomic E-state index is 12.3. The van der Waals surface area contributed by atoms with E-state index in [0.29, 0.717) is 0 Å². The molecule has 0 bridgehead atoms. The van der Waals surface area contributed by atoms with Crippen LogP contribution in [0.1, 0.15) is 19.8 Å². The molecule has 0 saturated carbocycles. The van der Waals surface area contributed by atoms with Crippen LogP contribution in [-0.2, 0) is 24.0 Å². The number of carbonyl (C=O) groups excluding carboxylic acids is 3. The average Bonchev–Trinajstić information content (AvgIpc) is 2.86. The summed E-state index contributed by atoms with van der Waals surface area (Å²) in [6.45, 7) is 0.700. The molecule has 0 aromatic heterocycles. The van der Waals surface area contributed by atoms with Crippen LogP contribution < -0.4 is 16.4 Å². The normalized spacial score (nSPS) is 18.3. The second-order valence-corrected chi connectivity index (χ2v) is 5.59. The lowest BCUT2D eigenvalue weighted by molar-refractivity contribution is -0.163. The number of rotatable bonds is 9. The molecule has 0 aromatic rings. The molecule has 0 saturated heterocycles. The SMILES string of the molecule is CC[C@@H]1NC(=O)C(C(=O)CC(NC(=O)[C@@H](N)CO)(C(=O)O)C(=O)O)=C1O. The van der Waals surface area contributed by atoms with E-state index in [1.165, 1.54) is 0 Å². The number of nitrogens with one attached hydrogen (secondary N) is 2. The first kappa shape index (κ1) is 21.1. The molecule has 8 N–H and O–H groups in total. The molecule has 144 valence electrons. The van der Waals surface area contributed by atoms with Crippen LogP contribution in [0.5, 0.6) is 0 Å². The van der Waals surface area contributed by atoms with E-state index in [4.69, 9.17) is 10.8 Å². The van der Waals surface area contributed by atoms with Crippen LogP contribution in [0.15, 0.2) is 11.3 Å². The molecule has 0 radical (unpaired) electrons. The summed E-state index contributed by atoms with van der Waals surface area (Å²) >= 11 is 0. The number of Topliss-reactive ketones (excluding diaryl/α,β-unsaturated/α-hetero) is 1. The molecule has 0 spiro atoms. The second-order valence-electron chi connectivity index (χ2n) is 5.59. The predicted octanol–water partition coefficient (Wildman–Crippen LogP) is -2.99. The third-order valence-electron chi connectivity index (χ3n) is 3.83. The number of carboxylic acids is 2. The third kappa shape index (κ3) is 3.81. The molecule has 12 heteroatoms. The fraction of sp³-hybridized carbons (Fsp3) is 0.500. The number of nitrogens with two attached hydrogens (primary N) is 1. The van der Waals surface area contributed by atoms with Crippen molar-refractivity contribution in [2.45, 2.75) is 37.4 Å². The first-order chi connectivity index (χ1) is 12.0. The maximum atomic E-state index is 12.3. The minimum absolute atomic E-state index is 0.236. The van der Waals surface area contributed by atoms with Crippen LogP contribution >= 0.6 is 0 Å². The number of hydrogen-bond acceptors (Lipinski definition) is 8. The molecule has 26 heavy (non-hydrogen) atoms. The molecular formula is C14H19N3O9. The summed E-state index contributed by atoms with van der Waals surface area (Å²) in [6, 6.07) is -2.49. The summed E-state index contributed by atoms with van der Waals surface area (Å²) in [5, 5.41) is 41.2. The van der Waals surface area contributed by atoms with Crippen molar-refractivity contribution in [2.24, 2.45) is 5.73 Å². The monoisotopic (exact) mass is 373 g/mol. The lowest BCUT2D eigenvalue weighted by atomic mass is 9.89. The maximum Gasteiger partial charge on any atom is 0.341 e. The summed E-state index contributed by atoms with van der Waals surface area (Å²) in [6.07, 6.45) is -1.12. The lowest BCUT2D eigenvalue weighted by Gasteiger charge is -2.26. The van der Waals surface area contributed by atoms with Crippen molar-refractivity contribution in [2.75, 3.05) is 6.61 Å². The van der Waals surface area contributed by atoms with Gasteiger partial charge >= 0.3 is 11.9 Å². The Bertz CT molecular complexity index is 671. The van der Waals surface area contributed by atoms with E-state index >= 15 is 0 Å². The number of carboxylic acid groups (broad SMARTS) is 2. The molecule has 0 fully saturated rings. The molecule has 1 aliphatic heterocycles. The second kappa shape index (κ2) is 7.93. The van der Waals surface area contributed by atoms with E-state index in [2.05, 4.69) is 5.32 Å². The van der Waals surface area contributed by atoms with Crippen LogP contribution in [-0.4, -0.2) is 74.2 Å². The Labute approximate surface area is 146 Å². The van der Waals surface area contributed by atoms with Gasteiger partial charge in [-0.05, 0) is 6.42 Å². The van der Waals surface area contributed by atoms with Gasteiger partial charge in [-0.25, -0.2) is 9.59 Å².